The van der Waals surface area contributed by atoms with E-state index < -0.39 is 5.54 Å². The van der Waals surface area contributed by atoms with Crippen molar-refractivity contribution in [3.05, 3.63) is 42.2 Å². The number of aromatic nitrogens is 6. The van der Waals surface area contributed by atoms with Gasteiger partial charge in [-0.15, -0.1) is 5.10 Å². The van der Waals surface area contributed by atoms with Crippen molar-refractivity contribution in [2.45, 2.75) is 25.9 Å². The van der Waals surface area contributed by atoms with Gasteiger partial charge in [-0.2, -0.15) is 4.98 Å². The van der Waals surface area contributed by atoms with Crippen LogP contribution in [0.4, 0.5) is 0 Å². The molecule has 108 valence electrons. The maximum atomic E-state index is 5.97. The van der Waals surface area contributed by atoms with Crippen molar-refractivity contribution in [2.24, 2.45) is 5.73 Å². The molecule has 0 fully saturated rings. The van der Waals surface area contributed by atoms with E-state index in [1.807, 2.05) is 32.0 Å². The molecule has 0 atom stereocenters. The zero-order valence-electron chi connectivity index (χ0n) is 11.8. The van der Waals surface area contributed by atoms with Crippen LogP contribution in [0.2, 0.25) is 0 Å². The Bertz CT molecular complexity index is 726. The van der Waals surface area contributed by atoms with Gasteiger partial charge in [0.2, 0.25) is 11.7 Å². The first-order valence-corrected chi connectivity index (χ1v) is 6.46. The minimum atomic E-state index is -0.536. The third-order valence-electron chi connectivity index (χ3n) is 2.86. The smallest absolute Gasteiger partial charge is 0.248 e. The van der Waals surface area contributed by atoms with Crippen LogP contribution in [0, 0.1) is 0 Å². The Morgan fingerprint density at radius 3 is 2.86 bits per heavy atom. The Morgan fingerprint density at radius 2 is 2.19 bits per heavy atom. The van der Waals surface area contributed by atoms with Crippen LogP contribution in [-0.2, 0) is 12.1 Å². The normalized spacial score (nSPS) is 11.8. The molecule has 0 amide bonds. The van der Waals surface area contributed by atoms with Gasteiger partial charge in [-0.25, -0.2) is 4.68 Å². The van der Waals surface area contributed by atoms with E-state index in [2.05, 4.69) is 25.4 Å². The number of rotatable bonds is 4. The topological polar surface area (TPSA) is 109 Å². The molecule has 0 bridgehead atoms. The Kier molecular flexibility index (Phi) is 3.22. The van der Waals surface area contributed by atoms with Crippen molar-refractivity contribution in [3.63, 3.8) is 0 Å². The van der Waals surface area contributed by atoms with Gasteiger partial charge >= 0.3 is 0 Å². The maximum Gasteiger partial charge on any atom is 0.248 e. The zero-order chi connectivity index (χ0) is 14.9. The van der Waals surface area contributed by atoms with Crippen molar-refractivity contribution in [1.29, 1.82) is 0 Å². The Balaban J connectivity index is 1.77. The highest BCUT2D eigenvalue weighted by atomic mass is 16.5. The molecule has 8 nitrogen and oxygen atoms in total. The summed E-state index contributed by atoms with van der Waals surface area (Å²) in [5.74, 6) is 0.882. The van der Waals surface area contributed by atoms with Crippen LogP contribution in [0.3, 0.4) is 0 Å². The van der Waals surface area contributed by atoms with Crippen LogP contribution in [0.15, 0.2) is 35.1 Å². The molecule has 0 saturated carbocycles. The van der Waals surface area contributed by atoms with Gasteiger partial charge in [0, 0.05) is 6.20 Å². The SMILES string of the molecule is CC(C)(N)c1cn(Cc2nc(-c3ccccn3)no2)nn1. The van der Waals surface area contributed by atoms with Crippen molar-refractivity contribution >= 4 is 0 Å². The van der Waals surface area contributed by atoms with Crippen LogP contribution < -0.4 is 5.73 Å². The Hall–Kier alpha value is -2.61. The predicted molar refractivity (Wildman–Crippen MR) is 73.9 cm³/mol. The molecule has 0 spiro atoms. The highest BCUT2D eigenvalue weighted by molar-refractivity contribution is 5.46. The molecule has 3 heterocycles. The van der Waals surface area contributed by atoms with Crippen LogP contribution >= 0.6 is 0 Å². The number of pyridine rings is 1. The van der Waals surface area contributed by atoms with Crippen LogP contribution in [0.25, 0.3) is 11.5 Å². The zero-order valence-corrected chi connectivity index (χ0v) is 11.8. The van der Waals surface area contributed by atoms with E-state index in [1.165, 1.54) is 0 Å². The minimum absolute atomic E-state index is 0.336. The fourth-order valence-electron chi connectivity index (χ4n) is 1.73. The second-order valence-corrected chi connectivity index (χ2v) is 5.25. The van der Waals surface area contributed by atoms with Gasteiger partial charge in [-0.1, -0.05) is 16.4 Å². The van der Waals surface area contributed by atoms with E-state index in [4.69, 9.17) is 10.3 Å². The summed E-state index contributed by atoms with van der Waals surface area (Å²) in [6.07, 6.45) is 3.45. The third kappa shape index (κ3) is 2.95. The minimum Gasteiger partial charge on any atom is -0.337 e. The predicted octanol–water partition coefficient (Wildman–Crippen LogP) is 0.965. The molecule has 3 aromatic heterocycles. The molecule has 3 rings (SSSR count). The lowest BCUT2D eigenvalue weighted by Gasteiger charge is -2.13. The third-order valence-corrected chi connectivity index (χ3v) is 2.86. The molecule has 0 aromatic carbocycles. The highest BCUT2D eigenvalue weighted by Crippen LogP contribution is 2.14. The summed E-state index contributed by atoms with van der Waals surface area (Å²) < 4.78 is 6.81. The highest BCUT2D eigenvalue weighted by Gasteiger charge is 2.19. The molecular weight excluding hydrogens is 270 g/mol. The quantitative estimate of drug-likeness (QED) is 0.760. The summed E-state index contributed by atoms with van der Waals surface area (Å²) in [6, 6.07) is 5.51. The largest absolute Gasteiger partial charge is 0.337 e. The van der Waals surface area contributed by atoms with E-state index >= 15 is 0 Å². The van der Waals surface area contributed by atoms with Gasteiger partial charge in [0.1, 0.15) is 17.9 Å². The lowest BCUT2D eigenvalue weighted by molar-refractivity contribution is 0.364. The van der Waals surface area contributed by atoms with Gasteiger partial charge in [0.25, 0.3) is 0 Å². The van der Waals surface area contributed by atoms with E-state index in [0.29, 0.717) is 29.6 Å². The summed E-state index contributed by atoms with van der Waals surface area (Å²) in [4.78, 5) is 8.46. The Morgan fingerprint density at radius 1 is 1.33 bits per heavy atom. The van der Waals surface area contributed by atoms with Crippen molar-refractivity contribution in [3.8, 4) is 11.5 Å². The van der Waals surface area contributed by atoms with Crippen LogP contribution in [0.1, 0.15) is 25.4 Å². The monoisotopic (exact) mass is 285 g/mol. The Labute approximate surface area is 121 Å². The van der Waals surface area contributed by atoms with Gasteiger partial charge in [-0.05, 0) is 26.0 Å². The lowest BCUT2D eigenvalue weighted by Crippen LogP contribution is -2.29. The maximum absolute atomic E-state index is 5.97. The summed E-state index contributed by atoms with van der Waals surface area (Å²) in [5.41, 5.74) is 6.80. The van der Waals surface area contributed by atoms with Crippen LogP contribution in [-0.4, -0.2) is 30.1 Å². The van der Waals surface area contributed by atoms with Crippen molar-refractivity contribution in [1.82, 2.24) is 30.1 Å². The average molecular weight is 285 g/mol. The summed E-state index contributed by atoms with van der Waals surface area (Å²) >= 11 is 0. The summed E-state index contributed by atoms with van der Waals surface area (Å²) in [6.45, 7) is 4.07. The molecule has 2 N–H and O–H groups in total. The second kappa shape index (κ2) is 5.06. The molecule has 21 heavy (non-hydrogen) atoms. The standard InChI is InChI=1S/C13H15N7O/c1-13(2,14)10-7-20(19-17-10)8-11-16-12(18-21-11)9-5-3-4-6-15-9/h3-7H,8,14H2,1-2H3. The number of nitrogens with two attached hydrogens (primary N) is 1. The van der Waals surface area contributed by atoms with E-state index in [9.17, 15) is 0 Å². The molecule has 3 aromatic rings. The average Bonchev–Trinajstić information content (AvgIpc) is 3.09. The summed E-state index contributed by atoms with van der Waals surface area (Å²) in [7, 11) is 0. The first-order chi connectivity index (χ1) is 10.0. The van der Waals surface area contributed by atoms with Gasteiger partial charge < -0.3 is 10.3 Å². The van der Waals surface area contributed by atoms with E-state index in [1.54, 1.807) is 17.1 Å². The summed E-state index contributed by atoms with van der Waals surface area (Å²) in [5, 5.41) is 11.9. The van der Waals surface area contributed by atoms with Crippen molar-refractivity contribution < 1.29 is 4.52 Å². The second-order valence-electron chi connectivity index (χ2n) is 5.25. The number of hydrogen-bond donors (Lipinski definition) is 1. The lowest BCUT2D eigenvalue weighted by atomic mass is 10.0. The first-order valence-electron chi connectivity index (χ1n) is 6.46. The van der Waals surface area contributed by atoms with E-state index in [0.717, 1.165) is 0 Å². The molecule has 0 aliphatic rings. The molecule has 0 unspecified atom stereocenters. The molecule has 0 aliphatic carbocycles. The van der Waals surface area contributed by atoms with Crippen molar-refractivity contribution in [2.75, 3.05) is 0 Å². The molecule has 0 radical (unpaired) electrons. The van der Waals surface area contributed by atoms with Gasteiger partial charge in [-0.3, -0.25) is 4.98 Å². The first kappa shape index (κ1) is 13.4. The molecular formula is C13H15N7O. The molecule has 0 aliphatic heterocycles. The molecule has 8 heteroatoms. The van der Waals surface area contributed by atoms with Gasteiger partial charge in [0.15, 0.2) is 0 Å². The number of hydrogen-bond acceptors (Lipinski definition) is 7. The van der Waals surface area contributed by atoms with Gasteiger partial charge in [0.05, 0.1) is 11.7 Å². The molecule has 0 saturated heterocycles. The fraction of sp³-hybridized carbons (Fsp3) is 0.308. The van der Waals surface area contributed by atoms with E-state index in [-0.39, 0.29) is 0 Å². The van der Waals surface area contributed by atoms with Crippen LogP contribution in [0.5, 0.6) is 0 Å². The number of nitrogens with zero attached hydrogens (tertiary/aromatic N) is 6. The fourth-order valence-corrected chi connectivity index (χ4v) is 1.73.